The Balaban J connectivity index is 2.57. The van der Waals surface area contributed by atoms with Crippen molar-refractivity contribution in [2.24, 2.45) is 0 Å². The van der Waals surface area contributed by atoms with Gasteiger partial charge in [0, 0.05) is 11.6 Å². The summed E-state index contributed by atoms with van der Waals surface area (Å²) in [5.41, 5.74) is 4.79. The molecule has 1 atom stereocenters. The van der Waals surface area contributed by atoms with Gasteiger partial charge >= 0.3 is 0 Å². The highest BCUT2D eigenvalue weighted by Gasteiger charge is 2.20. The average molecular weight is 295 g/mol. The highest BCUT2D eigenvalue weighted by molar-refractivity contribution is 6.22. The van der Waals surface area contributed by atoms with Gasteiger partial charge in [0.25, 0.3) is 0 Å². The molecule has 3 heteroatoms. The van der Waals surface area contributed by atoms with Gasteiger partial charge in [-0.25, -0.2) is 8.78 Å². The molecule has 0 aliphatic rings. The van der Waals surface area contributed by atoms with Crippen LogP contribution in [0.1, 0.15) is 38.8 Å². The first-order valence-electron chi connectivity index (χ1n) is 6.48. The van der Waals surface area contributed by atoms with E-state index in [4.69, 9.17) is 11.6 Å². The molecule has 106 valence electrons. The monoisotopic (exact) mass is 294 g/mol. The van der Waals surface area contributed by atoms with Crippen LogP contribution in [0.4, 0.5) is 8.78 Å². The molecule has 0 saturated carbocycles. The molecule has 0 aliphatic carbocycles. The third-order valence-corrected chi connectivity index (χ3v) is 4.00. The lowest BCUT2D eigenvalue weighted by molar-refractivity contribution is 0.568. The zero-order chi connectivity index (χ0) is 15.0. The molecule has 0 saturated heterocycles. The van der Waals surface area contributed by atoms with Crippen LogP contribution in [0, 0.1) is 39.3 Å². The van der Waals surface area contributed by atoms with Crippen molar-refractivity contribution in [3.63, 3.8) is 0 Å². The van der Waals surface area contributed by atoms with Crippen molar-refractivity contribution >= 4 is 11.6 Å². The minimum absolute atomic E-state index is 0.320. The first kappa shape index (κ1) is 15.0. The molecule has 0 spiro atoms. The summed E-state index contributed by atoms with van der Waals surface area (Å²) in [5.74, 6) is -1.15. The van der Waals surface area contributed by atoms with Crippen molar-refractivity contribution in [2.45, 2.75) is 33.1 Å². The Morgan fingerprint density at radius 1 is 0.800 bits per heavy atom. The van der Waals surface area contributed by atoms with Gasteiger partial charge in [-0.15, -0.1) is 11.6 Å². The molecule has 2 aromatic rings. The average Bonchev–Trinajstić information content (AvgIpc) is 2.32. The zero-order valence-electron chi connectivity index (χ0n) is 12.0. The fourth-order valence-electron chi connectivity index (χ4n) is 2.62. The van der Waals surface area contributed by atoms with E-state index in [1.54, 1.807) is 6.92 Å². The van der Waals surface area contributed by atoms with E-state index in [1.807, 2.05) is 32.9 Å². The second kappa shape index (κ2) is 5.53. The maximum atomic E-state index is 14.0. The lowest BCUT2D eigenvalue weighted by Gasteiger charge is -2.18. The first-order chi connectivity index (χ1) is 9.31. The van der Waals surface area contributed by atoms with Gasteiger partial charge in [0.15, 0.2) is 0 Å². The molecule has 1 unspecified atom stereocenters. The molecule has 0 aliphatic heterocycles. The van der Waals surface area contributed by atoms with Crippen LogP contribution >= 0.6 is 11.6 Å². The Hall–Kier alpha value is -1.41. The first-order valence-corrected chi connectivity index (χ1v) is 6.92. The molecular weight excluding hydrogens is 278 g/mol. The molecule has 0 radical (unpaired) electrons. The van der Waals surface area contributed by atoms with Crippen LogP contribution in [0.15, 0.2) is 24.3 Å². The van der Waals surface area contributed by atoms with Gasteiger partial charge in [0.1, 0.15) is 11.6 Å². The Bertz CT molecular complexity index is 639. The highest BCUT2D eigenvalue weighted by atomic mass is 35.5. The Kier molecular flexibility index (Phi) is 4.14. The molecule has 0 fully saturated rings. The van der Waals surface area contributed by atoms with Crippen LogP contribution in [-0.2, 0) is 0 Å². The van der Waals surface area contributed by atoms with Crippen molar-refractivity contribution in [2.75, 3.05) is 0 Å². The van der Waals surface area contributed by atoms with Crippen molar-refractivity contribution in [3.8, 4) is 0 Å². The summed E-state index contributed by atoms with van der Waals surface area (Å²) in [4.78, 5) is 0. The summed E-state index contributed by atoms with van der Waals surface area (Å²) in [5, 5.41) is -0.616. The SMILES string of the molecule is Cc1cc(C)c(C(Cl)c2cc(C)c(F)cc2F)c(C)c1. The van der Waals surface area contributed by atoms with Crippen molar-refractivity contribution in [1.82, 2.24) is 0 Å². The van der Waals surface area contributed by atoms with E-state index in [0.717, 1.165) is 28.3 Å². The van der Waals surface area contributed by atoms with E-state index < -0.39 is 17.0 Å². The predicted molar refractivity (Wildman–Crippen MR) is 79.4 cm³/mol. The third-order valence-electron chi connectivity index (χ3n) is 3.54. The minimum atomic E-state index is -0.616. The van der Waals surface area contributed by atoms with Gasteiger partial charge in [-0.2, -0.15) is 0 Å². The number of alkyl halides is 1. The number of benzene rings is 2. The molecule has 0 bridgehead atoms. The zero-order valence-corrected chi connectivity index (χ0v) is 12.8. The van der Waals surface area contributed by atoms with Gasteiger partial charge in [0.05, 0.1) is 5.38 Å². The second-order valence-corrected chi connectivity index (χ2v) is 5.73. The van der Waals surface area contributed by atoms with E-state index in [0.29, 0.717) is 11.1 Å². The number of hydrogen-bond donors (Lipinski definition) is 0. The van der Waals surface area contributed by atoms with Crippen LogP contribution in [0.5, 0.6) is 0 Å². The van der Waals surface area contributed by atoms with Crippen molar-refractivity contribution < 1.29 is 8.78 Å². The topological polar surface area (TPSA) is 0 Å². The summed E-state index contributed by atoms with van der Waals surface area (Å²) in [6, 6.07) is 6.43. The molecule has 0 heterocycles. The summed E-state index contributed by atoms with van der Waals surface area (Å²) in [6.07, 6.45) is 0. The number of hydrogen-bond acceptors (Lipinski definition) is 0. The molecule has 2 rings (SSSR count). The highest BCUT2D eigenvalue weighted by Crippen LogP contribution is 2.36. The summed E-state index contributed by atoms with van der Waals surface area (Å²) in [7, 11) is 0. The summed E-state index contributed by atoms with van der Waals surface area (Å²) < 4.78 is 27.3. The maximum absolute atomic E-state index is 14.0. The number of halogens is 3. The van der Waals surface area contributed by atoms with E-state index in [9.17, 15) is 8.78 Å². The normalized spacial score (nSPS) is 12.6. The quantitative estimate of drug-likeness (QED) is 0.639. The van der Waals surface area contributed by atoms with Gasteiger partial charge in [-0.3, -0.25) is 0 Å². The van der Waals surface area contributed by atoms with Crippen molar-refractivity contribution in [1.29, 1.82) is 0 Å². The fraction of sp³-hybridized carbons (Fsp3) is 0.294. The summed E-state index contributed by atoms with van der Waals surface area (Å²) >= 11 is 6.46. The van der Waals surface area contributed by atoms with Gasteiger partial charge in [-0.05, 0) is 56.0 Å². The third kappa shape index (κ3) is 2.71. The van der Waals surface area contributed by atoms with E-state index in [-0.39, 0.29) is 0 Å². The fourth-order valence-corrected chi connectivity index (χ4v) is 3.13. The smallest absolute Gasteiger partial charge is 0.131 e. The van der Waals surface area contributed by atoms with Crippen LogP contribution in [0.2, 0.25) is 0 Å². The second-order valence-electron chi connectivity index (χ2n) is 5.30. The van der Waals surface area contributed by atoms with E-state index in [1.165, 1.54) is 6.07 Å². The van der Waals surface area contributed by atoms with Crippen LogP contribution in [0.3, 0.4) is 0 Å². The molecule has 0 N–H and O–H groups in total. The predicted octanol–water partition coefficient (Wildman–Crippen LogP) is 5.53. The molecule has 2 aromatic carbocycles. The van der Waals surface area contributed by atoms with Gasteiger partial charge in [-0.1, -0.05) is 17.7 Å². The Labute approximate surface area is 123 Å². The van der Waals surface area contributed by atoms with E-state index in [2.05, 4.69) is 0 Å². The summed E-state index contributed by atoms with van der Waals surface area (Å²) in [6.45, 7) is 7.53. The van der Waals surface area contributed by atoms with Gasteiger partial charge in [0.2, 0.25) is 0 Å². The molecule has 0 amide bonds. The molecule has 20 heavy (non-hydrogen) atoms. The number of aryl methyl sites for hydroxylation is 4. The van der Waals surface area contributed by atoms with Crippen LogP contribution in [0.25, 0.3) is 0 Å². The Morgan fingerprint density at radius 2 is 1.35 bits per heavy atom. The molecule has 0 nitrogen and oxygen atoms in total. The minimum Gasteiger partial charge on any atom is -0.207 e. The standard InChI is InChI=1S/C17H17ClF2/c1-9-5-11(3)16(12(4)6-9)17(18)13-7-10(2)14(19)8-15(13)20/h5-8,17H,1-4H3. The van der Waals surface area contributed by atoms with Crippen molar-refractivity contribution in [3.05, 3.63) is 69.3 Å². The number of rotatable bonds is 2. The van der Waals surface area contributed by atoms with Crippen LogP contribution < -0.4 is 0 Å². The molecular formula is C17H17ClF2. The van der Waals surface area contributed by atoms with Crippen LogP contribution in [-0.4, -0.2) is 0 Å². The van der Waals surface area contributed by atoms with E-state index >= 15 is 0 Å². The maximum Gasteiger partial charge on any atom is 0.131 e. The lowest BCUT2D eigenvalue weighted by Crippen LogP contribution is -2.04. The van der Waals surface area contributed by atoms with Gasteiger partial charge < -0.3 is 0 Å². The largest absolute Gasteiger partial charge is 0.207 e. The lowest BCUT2D eigenvalue weighted by atomic mass is 9.93. The Morgan fingerprint density at radius 3 is 1.90 bits per heavy atom. The molecule has 0 aromatic heterocycles.